The summed E-state index contributed by atoms with van der Waals surface area (Å²) >= 11 is 0. The summed E-state index contributed by atoms with van der Waals surface area (Å²) in [5, 5.41) is 0. The van der Waals surface area contributed by atoms with Crippen LogP contribution in [-0.4, -0.2) is 4.98 Å². The van der Waals surface area contributed by atoms with E-state index >= 15 is 0 Å². The van der Waals surface area contributed by atoms with Gasteiger partial charge >= 0.3 is 0 Å². The van der Waals surface area contributed by atoms with Gasteiger partial charge in [-0.15, -0.1) is 5.92 Å². The van der Waals surface area contributed by atoms with Crippen LogP contribution < -0.4 is 0 Å². The normalized spacial score (nSPS) is 7.67. The molecule has 0 N–H and O–H groups in total. The summed E-state index contributed by atoms with van der Waals surface area (Å²) < 4.78 is 0. The van der Waals surface area contributed by atoms with Crippen molar-refractivity contribution in [3.63, 3.8) is 0 Å². The topological polar surface area (TPSA) is 12.9 Å². The lowest BCUT2D eigenvalue weighted by Gasteiger charge is -1.81. The Bertz CT molecular complexity index is 228. The molecule has 0 aromatic carbocycles. The van der Waals surface area contributed by atoms with Crippen LogP contribution in [0.25, 0.3) is 0 Å². The maximum absolute atomic E-state index is 3.78. The van der Waals surface area contributed by atoms with Gasteiger partial charge in [-0.3, -0.25) is 4.98 Å². The molecular formula is C8H6N. The van der Waals surface area contributed by atoms with E-state index in [1.807, 2.05) is 12.1 Å². The highest BCUT2D eigenvalue weighted by Crippen LogP contribution is 1.89. The predicted molar refractivity (Wildman–Crippen MR) is 35.6 cm³/mol. The van der Waals surface area contributed by atoms with Crippen LogP contribution in [0.1, 0.15) is 12.5 Å². The lowest BCUT2D eigenvalue weighted by Crippen LogP contribution is -1.74. The summed E-state index contributed by atoms with van der Waals surface area (Å²) in [6, 6.07) is 3.72. The Morgan fingerprint density at radius 3 is 3.11 bits per heavy atom. The van der Waals surface area contributed by atoms with Gasteiger partial charge in [-0.2, -0.15) is 0 Å². The summed E-state index contributed by atoms with van der Waals surface area (Å²) in [4.78, 5) is 3.78. The molecule has 0 amide bonds. The highest BCUT2D eigenvalue weighted by Gasteiger charge is 1.80. The maximum Gasteiger partial charge on any atom is 0.105 e. The van der Waals surface area contributed by atoms with Crippen LogP contribution in [0.4, 0.5) is 0 Å². The van der Waals surface area contributed by atoms with E-state index in [1.165, 1.54) is 0 Å². The van der Waals surface area contributed by atoms with Gasteiger partial charge in [0.15, 0.2) is 0 Å². The monoisotopic (exact) mass is 116 g/mol. The third-order valence-electron chi connectivity index (χ3n) is 0.868. The number of rotatable bonds is 0. The van der Waals surface area contributed by atoms with E-state index in [2.05, 4.69) is 23.0 Å². The highest BCUT2D eigenvalue weighted by molar-refractivity contribution is 5.29. The van der Waals surface area contributed by atoms with E-state index < -0.39 is 0 Å². The second-order valence-electron chi connectivity index (χ2n) is 1.54. The molecule has 1 nitrogen and oxygen atoms in total. The molecule has 1 heterocycles. The minimum Gasteiger partial charge on any atom is -0.253 e. The molecule has 0 spiro atoms. The van der Waals surface area contributed by atoms with E-state index in [0.29, 0.717) is 0 Å². The van der Waals surface area contributed by atoms with Crippen molar-refractivity contribution < 1.29 is 0 Å². The SMILES string of the molecule is CC#Cc1[c]nccc1. The fourth-order valence-corrected chi connectivity index (χ4v) is 0.531. The summed E-state index contributed by atoms with van der Waals surface area (Å²) in [6.45, 7) is 1.79. The van der Waals surface area contributed by atoms with Crippen LogP contribution in [-0.2, 0) is 0 Å². The van der Waals surface area contributed by atoms with E-state index in [1.54, 1.807) is 13.1 Å². The minimum absolute atomic E-state index is 0.847. The Morgan fingerprint density at radius 2 is 2.56 bits per heavy atom. The predicted octanol–water partition coefficient (Wildman–Crippen LogP) is 1.25. The number of nitrogens with zero attached hydrogens (tertiary/aromatic N) is 1. The average molecular weight is 116 g/mol. The van der Waals surface area contributed by atoms with Crippen LogP contribution in [0.3, 0.4) is 0 Å². The standard InChI is InChI=1S/C8H6N/c1-2-4-8-5-3-6-9-7-8/h3,5-6H,1H3. The van der Waals surface area contributed by atoms with Crippen molar-refractivity contribution in [2.24, 2.45) is 0 Å². The van der Waals surface area contributed by atoms with Gasteiger partial charge in [0, 0.05) is 6.20 Å². The van der Waals surface area contributed by atoms with E-state index in [0.717, 1.165) is 5.56 Å². The number of pyridine rings is 1. The van der Waals surface area contributed by atoms with Crippen LogP contribution >= 0.6 is 0 Å². The molecule has 1 rings (SSSR count). The number of aromatic nitrogens is 1. The van der Waals surface area contributed by atoms with Crippen molar-refractivity contribution in [3.8, 4) is 11.8 Å². The largest absolute Gasteiger partial charge is 0.253 e. The first kappa shape index (κ1) is 5.84. The van der Waals surface area contributed by atoms with Crippen molar-refractivity contribution in [2.45, 2.75) is 6.92 Å². The van der Waals surface area contributed by atoms with Crippen LogP contribution in [0, 0.1) is 18.0 Å². The highest BCUT2D eigenvalue weighted by atomic mass is 14.6. The smallest absolute Gasteiger partial charge is 0.105 e. The van der Waals surface area contributed by atoms with Crippen molar-refractivity contribution in [2.75, 3.05) is 0 Å². The van der Waals surface area contributed by atoms with E-state index in [4.69, 9.17) is 0 Å². The third kappa shape index (κ3) is 1.58. The van der Waals surface area contributed by atoms with Gasteiger partial charge in [0.25, 0.3) is 0 Å². The first-order chi connectivity index (χ1) is 4.43. The van der Waals surface area contributed by atoms with Gasteiger partial charge in [-0.05, 0) is 19.1 Å². The minimum atomic E-state index is 0.847. The van der Waals surface area contributed by atoms with Gasteiger partial charge in [-0.25, -0.2) is 0 Å². The number of hydrogen-bond donors (Lipinski definition) is 0. The number of hydrogen-bond acceptors (Lipinski definition) is 1. The van der Waals surface area contributed by atoms with Gasteiger partial charge in [0.1, 0.15) is 6.20 Å². The fraction of sp³-hybridized carbons (Fsp3) is 0.125. The molecule has 1 aromatic heterocycles. The van der Waals surface area contributed by atoms with Crippen LogP contribution in [0.2, 0.25) is 0 Å². The maximum atomic E-state index is 3.78. The molecule has 0 aliphatic carbocycles. The Hall–Kier alpha value is -1.29. The summed E-state index contributed by atoms with van der Waals surface area (Å²) in [5.74, 6) is 5.60. The van der Waals surface area contributed by atoms with Gasteiger partial charge < -0.3 is 0 Å². The molecule has 9 heavy (non-hydrogen) atoms. The fourth-order valence-electron chi connectivity index (χ4n) is 0.531. The molecule has 1 radical (unpaired) electrons. The molecule has 0 saturated carbocycles. The van der Waals surface area contributed by atoms with Gasteiger partial charge in [-0.1, -0.05) is 5.92 Å². The zero-order valence-electron chi connectivity index (χ0n) is 5.18. The summed E-state index contributed by atoms with van der Waals surface area (Å²) in [6.07, 6.45) is 4.43. The quantitative estimate of drug-likeness (QED) is 0.465. The van der Waals surface area contributed by atoms with Crippen molar-refractivity contribution in [1.82, 2.24) is 4.98 Å². The lowest BCUT2D eigenvalue weighted by atomic mass is 10.3. The average Bonchev–Trinajstić information content (AvgIpc) is 1.91. The molecular weight excluding hydrogens is 110 g/mol. The molecule has 0 atom stereocenters. The Kier molecular flexibility index (Phi) is 1.87. The van der Waals surface area contributed by atoms with Crippen LogP contribution in [0.15, 0.2) is 18.3 Å². The molecule has 0 unspecified atom stereocenters. The first-order valence-electron chi connectivity index (χ1n) is 2.69. The molecule has 0 fully saturated rings. The van der Waals surface area contributed by atoms with Crippen molar-refractivity contribution in [3.05, 3.63) is 30.1 Å². The van der Waals surface area contributed by atoms with Crippen molar-refractivity contribution in [1.29, 1.82) is 0 Å². The molecule has 0 aliphatic heterocycles. The molecule has 0 saturated heterocycles. The van der Waals surface area contributed by atoms with Gasteiger partial charge in [0.05, 0.1) is 5.56 Å². The third-order valence-corrected chi connectivity index (χ3v) is 0.868. The zero-order valence-corrected chi connectivity index (χ0v) is 5.18. The van der Waals surface area contributed by atoms with Crippen LogP contribution in [0.5, 0.6) is 0 Å². The van der Waals surface area contributed by atoms with E-state index in [9.17, 15) is 0 Å². The summed E-state index contributed by atoms with van der Waals surface area (Å²) in [5.41, 5.74) is 0.847. The van der Waals surface area contributed by atoms with Crippen molar-refractivity contribution >= 4 is 0 Å². The zero-order chi connectivity index (χ0) is 6.53. The Morgan fingerprint density at radius 1 is 1.67 bits per heavy atom. The second-order valence-corrected chi connectivity index (χ2v) is 1.54. The molecule has 1 aromatic rings. The first-order valence-corrected chi connectivity index (χ1v) is 2.69. The Balaban J connectivity index is 2.94. The second kappa shape index (κ2) is 2.88. The molecule has 43 valence electrons. The molecule has 0 aliphatic rings. The van der Waals surface area contributed by atoms with Gasteiger partial charge in [0.2, 0.25) is 0 Å². The summed E-state index contributed by atoms with van der Waals surface area (Å²) in [7, 11) is 0. The molecule has 0 bridgehead atoms. The van der Waals surface area contributed by atoms with E-state index in [-0.39, 0.29) is 0 Å². The molecule has 1 heteroatoms. The lowest BCUT2D eigenvalue weighted by molar-refractivity contribution is 1.30. The Labute approximate surface area is 54.7 Å².